The van der Waals surface area contributed by atoms with Crippen LogP contribution < -0.4 is 5.32 Å². The standard InChI is InChI=1S/C16H23NO5/c1-15(2,3)16(4,13(18)19)12(17-14(20)21)22-10-11-8-6-5-7-9-11/h5-9,12,17H,10H2,1-4H3,(H,18,19)(H,20,21). The minimum absolute atomic E-state index is 0.116. The molecule has 1 amide bonds. The first kappa shape index (κ1) is 18.0. The van der Waals surface area contributed by atoms with E-state index in [4.69, 9.17) is 9.84 Å². The third-order valence-electron chi connectivity index (χ3n) is 4.04. The molecule has 0 bridgehead atoms. The van der Waals surface area contributed by atoms with Crippen LogP contribution in [-0.2, 0) is 16.1 Å². The van der Waals surface area contributed by atoms with Gasteiger partial charge in [-0.25, -0.2) is 4.79 Å². The van der Waals surface area contributed by atoms with Gasteiger partial charge in [-0.2, -0.15) is 0 Å². The Kier molecular flexibility index (Phi) is 5.54. The van der Waals surface area contributed by atoms with Gasteiger partial charge in [0.05, 0.1) is 6.61 Å². The van der Waals surface area contributed by atoms with Crippen LogP contribution in [0.2, 0.25) is 0 Å². The van der Waals surface area contributed by atoms with Gasteiger partial charge in [-0.15, -0.1) is 0 Å². The lowest BCUT2D eigenvalue weighted by Crippen LogP contribution is -2.57. The Morgan fingerprint density at radius 3 is 2.09 bits per heavy atom. The van der Waals surface area contributed by atoms with Gasteiger partial charge < -0.3 is 14.9 Å². The van der Waals surface area contributed by atoms with Gasteiger partial charge in [-0.3, -0.25) is 10.1 Å². The molecule has 0 spiro atoms. The Balaban J connectivity index is 3.05. The zero-order chi connectivity index (χ0) is 17.0. The number of carboxylic acid groups (broad SMARTS) is 2. The van der Waals surface area contributed by atoms with Crippen LogP contribution in [0.3, 0.4) is 0 Å². The highest BCUT2D eigenvalue weighted by Gasteiger charge is 2.52. The lowest BCUT2D eigenvalue weighted by Gasteiger charge is -2.43. The molecule has 1 rings (SSSR count). The number of hydrogen-bond acceptors (Lipinski definition) is 3. The highest BCUT2D eigenvalue weighted by molar-refractivity contribution is 5.77. The van der Waals surface area contributed by atoms with Crippen molar-refractivity contribution < 1.29 is 24.5 Å². The molecule has 1 aromatic carbocycles. The van der Waals surface area contributed by atoms with Gasteiger partial charge >= 0.3 is 12.1 Å². The van der Waals surface area contributed by atoms with Crippen molar-refractivity contribution in [2.24, 2.45) is 10.8 Å². The molecular formula is C16H23NO5. The molecule has 6 nitrogen and oxygen atoms in total. The average molecular weight is 309 g/mol. The summed E-state index contributed by atoms with van der Waals surface area (Å²) in [6, 6.07) is 9.17. The summed E-state index contributed by atoms with van der Waals surface area (Å²) in [5.41, 5.74) is -1.32. The molecule has 0 saturated heterocycles. The highest BCUT2D eigenvalue weighted by Crippen LogP contribution is 2.42. The summed E-state index contributed by atoms with van der Waals surface area (Å²) in [6.45, 7) is 6.82. The van der Waals surface area contributed by atoms with Gasteiger partial charge in [0, 0.05) is 0 Å². The molecule has 2 atom stereocenters. The second-order valence-electron chi connectivity index (χ2n) is 6.38. The molecule has 6 heteroatoms. The number of ether oxygens (including phenoxy) is 1. The predicted octanol–water partition coefficient (Wildman–Crippen LogP) is 2.93. The van der Waals surface area contributed by atoms with E-state index >= 15 is 0 Å². The number of nitrogens with one attached hydrogen (secondary N) is 1. The number of rotatable bonds is 6. The van der Waals surface area contributed by atoms with Crippen molar-refractivity contribution >= 4 is 12.1 Å². The van der Waals surface area contributed by atoms with E-state index in [1.807, 2.05) is 30.3 Å². The third kappa shape index (κ3) is 3.98. The molecule has 0 aliphatic heterocycles. The lowest BCUT2D eigenvalue weighted by molar-refractivity contribution is -0.175. The van der Waals surface area contributed by atoms with E-state index in [0.29, 0.717) is 0 Å². The van der Waals surface area contributed by atoms with Gasteiger partial charge in [0.25, 0.3) is 0 Å². The number of hydrogen-bond donors (Lipinski definition) is 3. The second kappa shape index (κ2) is 6.79. The monoisotopic (exact) mass is 309 g/mol. The predicted molar refractivity (Wildman–Crippen MR) is 81.4 cm³/mol. The van der Waals surface area contributed by atoms with Crippen LogP contribution in [0.4, 0.5) is 4.79 Å². The number of carboxylic acids is 1. The quantitative estimate of drug-likeness (QED) is 0.702. The van der Waals surface area contributed by atoms with E-state index in [-0.39, 0.29) is 6.61 Å². The Labute approximate surface area is 130 Å². The van der Waals surface area contributed by atoms with E-state index in [0.717, 1.165) is 5.56 Å². The van der Waals surface area contributed by atoms with Crippen molar-refractivity contribution in [3.05, 3.63) is 35.9 Å². The summed E-state index contributed by atoms with van der Waals surface area (Å²) in [4.78, 5) is 22.8. The minimum atomic E-state index is -1.43. The summed E-state index contributed by atoms with van der Waals surface area (Å²) < 4.78 is 5.62. The van der Waals surface area contributed by atoms with Crippen molar-refractivity contribution in [2.75, 3.05) is 0 Å². The normalized spacial score (nSPS) is 15.6. The maximum atomic E-state index is 11.8. The zero-order valence-electron chi connectivity index (χ0n) is 13.3. The number of carbonyl (C=O) groups is 2. The largest absolute Gasteiger partial charge is 0.481 e. The van der Waals surface area contributed by atoms with Gasteiger partial charge in [0.1, 0.15) is 11.6 Å². The van der Waals surface area contributed by atoms with Crippen molar-refractivity contribution in [1.82, 2.24) is 5.32 Å². The Morgan fingerprint density at radius 2 is 1.68 bits per heavy atom. The number of aliphatic carboxylic acids is 1. The molecule has 0 aliphatic rings. The van der Waals surface area contributed by atoms with Crippen LogP contribution in [-0.4, -0.2) is 28.5 Å². The van der Waals surface area contributed by atoms with Gasteiger partial charge in [0.15, 0.2) is 0 Å². The molecule has 0 radical (unpaired) electrons. The molecule has 1 aromatic rings. The van der Waals surface area contributed by atoms with Crippen LogP contribution >= 0.6 is 0 Å². The SMILES string of the molecule is CC(C)(C)C(C)(C(=O)O)C(NC(=O)O)OCc1ccccc1. The van der Waals surface area contributed by atoms with Crippen LogP contribution in [0.1, 0.15) is 33.3 Å². The summed E-state index contributed by atoms with van der Waals surface area (Å²) >= 11 is 0. The topological polar surface area (TPSA) is 95.9 Å². The Morgan fingerprint density at radius 1 is 1.14 bits per heavy atom. The van der Waals surface area contributed by atoms with Crippen LogP contribution in [0.5, 0.6) is 0 Å². The fourth-order valence-electron chi connectivity index (χ4n) is 2.04. The molecule has 122 valence electrons. The van der Waals surface area contributed by atoms with E-state index < -0.39 is 29.1 Å². The lowest BCUT2D eigenvalue weighted by atomic mass is 9.66. The average Bonchev–Trinajstić information content (AvgIpc) is 2.41. The maximum absolute atomic E-state index is 11.8. The highest BCUT2D eigenvalue weighted by atomic mass is 16.5. The van der Waals surface area contributed by atoms with Gasteiger partial charge in [-0.05, 0) is 17.9 Å². The summed E-state index contributed by atoms with van der Waals surface area (Å²) in [7, 11) is 0. The number of benzene rings is 1. The van der Waals surface area contributed by atoms with E-state index in [2.05, 4.69) is 5.32 Å². The number of amides is 1. The van der Waals surface area contributed by atoms with Crippen LogP contribution in [0.25, 0.3) is 0 Å². The molecule has 2 unspecified atom stereocenters. The Bertz CT molecular complexity index is 523. The minimum Gasteiger partial charge on any atom is -0.481 e. The second-order valence-corrected chi connectivity index (χ2v) is 6.38. The molecule has 22 heavy (non-hydrogen) atoms. The molecule has 0 fully saturated rings. The van der Waals surface area contributed by atoms with Crippen molar-refractivity contribution in [3.8, 4) is 0 Å². The molecular weight excluding hydrogens is 286 g/mol. The fourth-order valence-corrected chi connectivity index (χ4v) is 2.04. The van der Waals surface area contributed by atoms with E-state index in [9.17, 15) is 14.7 Å². The first-order chi connectivity index (χ1) is 10.1. The first-order valence-corrected chi connectivity index (χ1v) is 6.97. The first-order valence-electron chi connectivity index (χ1n) is 6.97. The summed E-state index contributed by atoms with van der Waals surface area (Å²) in [5.74, 6) is -1.12. The van der Waals surface area contributed by atoms with Crippen LogP contribution in [0.15, 0.2) is 30.3 Å². The molecule has 3 N–H and O–H groups in total. The van der Waals surface area contributed by atoms with Gasteiger partial charge in [-0.1, -0.05) is 51.1 Å². The summed E-state index contributed by atoms with van der Waals surface area (Å²) in [6.07, 6.45) is -2.50. The molecule has 0 aromatic heterocycles. The zero-order valence-corrected chi connectivity index (χ0v) is 13.3. The van der Waals surface area contributed by atoms with Crippen molar-refractivity contribution in [2.45, 2.75) is 40.5 Å². The van der Waals surface area contributed by atoms with Crippen molar-refractivity contribution in [1.29, 1.82) is 0 Å². The molecule has 0 heterocycles. The summed E-state index contributed by atoms with van der Waals surface area (Å²) in [5, 5.41) is 20.8. The third-order valence-corrected chi connectivity index (χ3v) is 4.04. The molecule has 0 aliphatic carbocycles. The van der Waals surface area contributed by atoms with Gasteiger partial charge in [0.2, 0.25) is 0 Å². The maximum Gasteiger partial charge on any atom is 0.406 e. The van der Waals surface area contributed by atoms with Crippen molar-refractivity contribution in [3.63, 3.8) is 0 Å². The smallest absolute Gasteiger partial charge is 0.406 e. The Hall–Kier alpha value is -2.08. The van der Waals surface area contributed by atoms with Crippen LogP contribution in [0, 0.1) is 10.8 Å². The fraction of sp³-hybridized carbons (Fsp3) is 0.500. The van der Waals surface area contributed by atoms with E-state index in [1.54, 1.807) is 20.8 Å². The van der Waals surface area contributed by atoms with E-state index in [1.165, 1.54) is 6.92 Å². The molecule has 0 saturated carbocycles.